The van der Waals surface area contributed by atoms with Crippen LogP contribution in [0, 0.1) is 0 Å². The number of amides is 1. The molecule has 0 fully saturated rings. The summed E-state index contributed by atoms with van der Waals surface area (Å²) in [6.07, 6.45) is 1.53. The first-order chi connectivity index (χ1) is 10.5. The van der Waals surface area contributed by atoms with Crippen LogP contribution in [0.3, 0.4) is 0 Å². The van der Waals surface area contributed by atoms with E-state index < -0.39 is 6.04 Å². The number of hydrogen-bond donors (Lipinski definition) is 2. The lowest BCUT2D eigenvalue weighted by atomic mass is 10.1. The van der Waals surface area contributed by atoms with Crippen molar-refractivity contribution in [1.82, 2.24) is 5.32 Å². The molecule has 0 heterocycles. The molecule has 0 saturated heterocycles. The van der Waals surface area contributed by atoms with Crippen LogP contribution in [-0.2, 0) is 4.79 Å². The van der Waals surface area contributed by atoms with E-state index in [0.717, 1.165) is 12.0 Å². The predicted octanol–water partition coefficient (Wildman–Crippen LogP) is 2.02. The summed E-state index contributed by atoms with van der Waals surface area (Å²) in [4.78, 5) is 12.0. The molecule has 1 rings (SSSR count). The SMILES string of the molecule is CCCC(N)C(=O)NC(C)c1cc(OC)c(OC)c(OC)c1. The van der Waals surface area contributed by atoms with Gasteiger partial charge in [0.2, 0.25) is 11.7 Å². The van der Waals surface area contributed by atoms with E-state index in [9.17, 15) is 4.79 Å². The van der Waals surface area contributed by atoms with Gasteiger partial charge in [-0.1, -0.05) is 13.3 Å². The Morgan fingerprint density at radius 3 is 2.14 bits per heavy atom. The Bertz CT molecular complexity index is 480. The molecule has 0 saturated carbocycles. The second-order valence-electron chi connectivity index (χ2n) is 5.08. The Morgan fingerprint density at radius 2 is 1.73 bits per heavy atom. The number of carbonyl (C=O) groups excluding carboxylic acids is 1. The fourth-order valence-electron chi connectivity index (χ4n) is 2.20. The van der Waals surface area contributed by atoms with E-state index in [1.165, 1.54) is 0 Å². The third-order valence-electron chi connectivity index (χ3n) is 3.48. The van der Waals surface area contributed by atoms with E-state index >= 15 is 0 Å². The molecule has 0 bridgehead atoms. The highest BCUT2D eigenvalue weighted by atomic mass is 16.5. The second-order valence-corrected chi connectivity index (χ2v) is 5.08. The van der Waals surface area contributed by atoms with Crippen LogP contribution in [0.2, 0.25) is 0 Å². The quantitative estimate of drug-likeness (QED) is 0.767. The van der Waals surface area contributed by atoms with Crippen LogP contribution in [0.4, 0.5) is 0 Å². The van der Waals surface area contributed by atoms with Gasteiger partial charge in [-0.2, -0.15) is 0 Å². The summed E-state index contributed by atoms with van der Waals surface area (Å²) in [7, 11) is 4.66. The van der Waals surface area contributed by atoms with Gasteiger partial charge >= 0.3 is 0 Å². The highest BCUT2D eigenvalue weighted by Gasteiger charge is 2.19. The average Bonchev–Trinajstić information content (AvgIpc) is 2.53. The lowest BCUT2D eigenvalue weighted by Gasteiger charge is -2.20. The van der Waals surface area contributed by atoms with Crippen molar-refractivity contribution in [1.29, 1.82) is 0 Å². The first-order valence-electron chi connectivity index (χ1n) is 7.34. The number of rotatable bonds is 8. The van der Waals surface area contributed by atoms with Crippen LogP contribution in [0.1, 0.15) is 38.3 Å². The van der Waals surface area contributed by atoms with Crippen LogP contribution in [-0.4, -0.2) is 33.3 Å². The Balaban J connectivity index is 2.98. The summed E-state index contributed by atoms with van der Waals surface area (Å²) in [6, 6.07) is 2.92. The van der Waals surface area contributed by atoms with Gasteiger partial charge in [0.1, 0.15) is 0 Å². The van der Waals surface area contributed by atoms with Crippen molar-refractivity contribution in [2.75, 3.05) is 21.3 Å². The van der Waals surface area contributed by atoms with E-state index in [-0.39, 0.29) is 11.9 Å². The molecule has 1 aromatic carbocycles. The van der Waals surface area contributed by atoms with Crippen molar-refractivity contribution in [2.45, 2.75) is 38.8 Å². The summed E-state index contributed by atoms with van der Waals surface area (Å²) in [5.41, 5.74) is 6.68. The zero-order valence-corrected chi connectivity index (χ0v) is 13.9. The minimum absolute atomic E-state index is 0.164. The van der Waals surface area contributed by atoms with Gasteiger partial charge in [0.15, 0.2) is 11.5 Å². The van der Waals surface area contributed by atoms with Crippen LogP contribution in [0.5, 0.6) is 17.2 Å². The van der Waals surface area contributed by atoms with E-state index in [2.05, 4.69) is 5.32 Å². The maximum absolute atomic E-state index is 12.0. The first-order valence-corrected chi connectivity index (χ1v) is 7.34. The summed E-state index contributed by atoms with van der Waals surface area (Å²) in [5.74, 6) is 1.46. The molecule has 0 aliphatic carbocycles. The maximum Gasteiger partial charge on any atom is 0.237 e. The van der Waals surface area contributed by atoms with Crippen molar-refractivity contribution in [3.63, 3.8) is 0 Å². The molecule has 124 valence electrons. The van der Waals surface area contributed by atoms with Gasteiger partial charge in [0.25, 0.3) is 0 Å². The summed E-state index contributed by atoms with van der Waals surface area (Å²) in [6.45, 7) is 3.88. The lowest BCUT2D eigenvalue weighted by molar-refractivity contribution is -0.123. The summed E-state index contributed by atoms with van der Waals surface area (Å²) < 4.78 is 15.9. The lowest BCUT2D eigenvalue weighted by Crippen LogP contribution is -2.41. The van der Waals surface area contributed by atoms with Crippen LogP contribution in [0.25, 0.3) is 0 Å². The molecule has 0 aliphatic heterocycles. The summed E-state index contributed by atoms with van der Waals surface area (Å²) in [5, 5.41) is 2.90. The predicted molar refractivity (Wildman–Crippen MR) is 85.5 cm³/mol. The van der Waals surface area contributed by atoms with Gasteiger partial charge < -0.3 is 25.3 Å². The molecule has 3 N–H and O–H groups in total. The number of hydrogen-bond acceptors (Lipinski definition) is 5. The van der Waals surface area contributed by atoms with Gasteiger partial charge in [-0.05, 0) is 31.0 Å². The highest BCUT2D eigenvalue weighted by Crippen LogP contribution is 2.39. The zero-order chi connectivity index (χ0) is 16.7. The fraction of sp³-hybridized carbons (Fsp3) is 0.562. The van der Waals surface area contributed by atoms with E-state index in [0.29, 0.717) is 23.7 Å². The Morgan fingerprint density at radius 1 is 1.18 bits per heavy atom. The molecule has 1 aromatic rings. The number of benzene rings is 1. The first kappa shape index (κ1) is 18.1. The van der Waals surface area contributed by atoms with E-state index in [1.54, 1.807) is 21.3 Å². The highest BCUT2D eigenvalue weighted by molar-refractivity contribution is 5.81. The average molecular weight is 310 g/mol. The topological polar surface area (TPSA) is 82.8 Å². The molecular weight excluding hydrogens is 284 g/mol. The third kappa shape index (κ3) is 4.27. The molecule has 2 atom stereocenters. The molecule has 6 nitrogen and oxygen atoms in total. The van der Waals surface area contributed by atoms with Gasteiger partial charge in [0, 0.05) is 0 Å². The number of nitrogens with two attached hydrogens (primary N) is 1. The second kappa shape index (κ2) is 8.48. The zero-order valence-electron chi connectivity index (χ0n) is 13.9. The minimum Gasteiger partial charge on any atom is -0.493 e. The normalized spacial score (nSPS) is 13.2. The third-order valence-corrected chi connectivity index (χ3v) is 3.48. The van der Waals surface area contributed by atoms with Crippen LogP contribution >= 0.6 is 0 Å². The van der Waals surface area contributed by atoms with E-state index in [4.69, 9.17) is 19.9 Å². The smallest absolute Gasteiger partial charge is 0.237 e. The molecule has 2 unspecified atom stereocenters. The van der Waals surface area contributed by atoms with Crippen LogP contribution in [0.15, 0.2) is 12.1 Å². The monoisotopic (exact) mass is 310 g/mol. The number of nitrogens with one attached hydrogen (secondary N) is 1. The largest absolute Gasteiger partial charge is 0.493 e. The van der Waals surface area contributed by atoms with Gasteiger partial charge in [-0.15, -0.1) is 0 Å². The number of carbonyl (C=O) groups is 1. The molecular formula is C16H26N2O4. The minimum atomic E-state index is -0.491. The standard InChI is InChI=1S/C16H26N2O4/c1-6-7-12(17)16(19)18-10(2)11-8-13(20-3)15(22-5)14(9-11)21-4/h8-10,12H,6-7,17H2,1-5H3,(H,18,19). The van der Waals surface area contributed by atoms with Crippen LogP contribution < -0.4 is 25.3 Å². The molecule has 1 amide bonds. The van der Waals surface area contributed by atoms with Crippen molar-refractivity contribution in [2.24, 2.45) is 5.73 Å². The Kier molecular flexibility index (Phi) is 6.98. The fourth-order valence-corrected chi connectivity index (χ4v) is 2.20. The number of methoxy groups -OCH3 is 3. The molecule has 0 radical (unpaired) electrons. The Hall–Kier alpha value is -1.95. The van der Waals surface area contributed by atoms with Gasteiger partial charge in [-0.3, -0.25) is 4.79 Å². The van der Waals surface area contributed by atoms with E-state index in [1.807, 2.05) is 26.0 Å². The number of ether oxygens (including phenoxy) is 3. The van der Waals surface area contributed by atoms with Crippen molar-refractivity contribution in [3.8, 4) is 17.2 Å². The molecule has 0 aliphatic rings. The summed E-state index contributed by atoms with van der Waals surface area (Å²) >= 11 is 0. The van der Waals surface area contributed by atoms with Crippen molar-refractivity contribution >= 4 is 5.91 Å². The maximum atomic E-state index is 12.0. The molecule has 0 spiro atoms. The van der Waals surface area contributed by atoms with Gasteiger partial charge in [-0.25, -0.2) is 0 Å². The molecule has 6 heteroatoms. The van der Waals surface area contributed by atoms with Gasteiger partial charge in [0.05, 0.1) is 33.4 Å². The molecule has 22 heavy (non-hydrogen) atoms. The Labute approximate surface area is 131 Å². The molecule has 0 aromatic heterocycles. The van der Waals surface area contributed by atoms with Crippen molar-refractivity contribution in [3.05, 3.63) is 17.7 Å². The van der Waals surface area contributed by atoms with Crippen molar-refractivity contribution < 1.29 is 19.0 Å².